The molecule has 3 amide bonds. The van der Waals surface area contributed by atoms with Crippen LogP contribution in [0.1, 0.15) is 59.8 Å². The van der Waals surface area contributed by atoms with Crippen molar-refractivity contribution in [1.82, 2.24) is 15.1 Å². The Hall–Kier alpha value is -2.05. The third kappa shape index (κ3) is 8.07. The van der Waals surface area contributed by atoms with Gasteiger partial charge in [-0.15, -0.1) is 0 Å². The minimum Gasteiger partial charge on any atom is -0.444 e. The Labute approximate surface area is 174 Å². The molecule has 1 aliphatic carbocycles. The molecule has 2 unspecified atom stereocenters. The number of allylic oxidation sites excluding steroid dienone is 1. The minimum absolute atomic E-state index is 0.0907. The quantitative estimate of drug-likeness (QED) is 0.711. The van der Waals surface area contributed by atoms with E-state index in [1.807, 2.05) is 4.90 Å². The second kappa shape index (κ2) is 10.1. The number of hydrogen-bond donors (Lipinski definition) is 1. The minimum atomic E-state index is -0.598. The summed E-state index contributed by atoms with van der Waals surface area (Å²) in [5.74, 6) is 1.25. The van der Waals surface area contributed by atoms with Crippen molar-refractivity contribution in [2.45, 2.75) is 65.4 Å². The lowest BCUT2D eigenvalue weighted by Gasteiger charge is -2.35. The highest BCUT2D eigenvalue weighted by molar-refractivity contribution is 5.83. The molecule has 0 bridgehead atoms. The largest absolute Gasteiger partial charge is 0.444 e. The van der Waals surface area contributed by atoms with Crippen LogP contribution in [0.2, 0.25) is 0 Å². The van der Waals surface area contributed by atoms with E-state index in [-0.39, 0.29) is 18.4 Å². The fraction of sp³-hybridized carbons (Fsp3) is 0.773. The summed E-state index contributed by atoms with van der Waals surface area (Å²) >= 11 is 0. The van der Waals surface area contributed by atoms with E-state index in [4.69, 9.17) is 4.74 Å². The van der Waals surface area contributed by atoms with Crippen LogP contribution in [0.5, 0.6) is 0 Å². The number of carbonyl (C=O) groups excluding carboxylic acids is 3. The highest BCUT2D eigenvalue weighted by Gasteiger charge is 2.26. The van der Waals surface area contributed by atoms with E-state index in [0.717, 1.165) is 19.3 Å². The van der Waals surface area contributed by atoms with Crippen LogP contribution >= 0.6 is 0 Å². The van der Waals surface area contributed by atoms with Gasteiger partial charge in [-0.2, -0.15) is 0 Å². The van der Waals surface area contributed by atoms with Crippen molar-refractivity contribution in [3.05, 3.63) is 12.2 Å². The van der Waals surface area contributed by atoms with Crippen molar-refractivity contribution in [1.29, 1.82) is 0 Å². The molecule has 29 heavy (non-hydrogen) atoms. The van der Waals surface area contributed by atoms with Crippen LogP contribution < -0.4 is 5.32 Å². The Balaban J connectivity index is 1.67. The van der Waals surface area contributed by atoms with Crippen LogP contribution in [-0.2, 0) is 14.3 Å². The van der Waals surface area contributed by atoms with E-state index in [1.54, 1.807) is 25.7 Å². The smallest absolute Gasteiger partial charge is 0.408 e. The topological polar surface area (TPSA) is 79.0 Å². The van der Waals surface area contributed by atoms with Gasteiger partial charge in [0.2, 0.25) is 11.8 Å². The maximum absolute atomic E-state index is 12.6. The molecular weight excluding hydrogens is 370 g/mol. The summed E-state index contributed by atoms with van der Waals surface area (Å²) in [5.41, 5.74) is 0.718. The summed E-state index contributed by atoms with van der Waals surface area (Å²) in [6, 6.07) is 0. The van der Waals surface area contributed by atoms with E-state index in [9.17, 15) is 14.4 Å². The average molecular weight is 408 g/mol. The summed E-state index contributed by atoms with van der Waals surface area (Å²) in [7, 11) is 0. The molecule has 1 aliphatic heterocycles. The average Bonchev–Trinajstić information content (AvgIpc) is 2.62. The normalized spacial score (nSPS) is 23.0. The first kappa shape index (κ1) is 23.2. The maximum atomic E-state index is 12.6. The van der Waals surface area contributed by atoms with Gasteiger partial charge < -0.3 is 19.9 Å². The molecule has 1 N–H and O–H groups in total. The highest BCUT2D eigenvalue weighted by Crippen LogP contribution is 2.34. The molecular formula is C22H37N3O4. The summed E-state index contributed by atoms with van der Waals surface area (Å²) in [6.45, 7) is 13.7. The first-order chi connectivity index (χ1) is 13.5. The summed E-state index contributed by atoms with van der Waals surface area (Å²) in [5, 5.41) is 2.49. The van der Waals surface area contributed by atoms with E-state index >= 15 is 0 Å². The van der Waals surface area contributed by atoms with Crippen molar-refractivity contribution < 1.29 is 19.1 Å². The van der Waals surface area contributed by atoms with Gasteiger partial charge in [-0.1, -0.05) is 19.1 Å². The fourth-order valence-corrected chi connectivity index (χ4v) is 4.20. The molecule has 164 valence electrons. The van der Waals surface area contributed by atoms with Gasteiger partial charge in [-0.25, -0.2) is 4.79 Å². The van der Waals surface area contributed by atoms with Gasteiger partial charge in [0.1, 0.15) is 12.1 Å². The Morgan fingerprint density at radius 2 is 1.66 bits per heavy atom. The van der Waals surface area contributed by atoms with Gasteiger partial charge in [-0.3, -0.25) is 9.59 Å². The number of alkyl carbamates (subject to hydrolysis) is 1. The van der Waals surface area contributed by atoms with Gasteiger partial charge in [0.25, 0.3) is 0 Å². The van der Waals surface area contributed by atoms with Crippen LogP contribution in [0.25, 0.3) is 0 Å². The zero-order valence-corrected chi connectivity index (χ0v) is 18.5. The molecule has 0 aromatic rings. The van der Waals surface area contributed by atoms with E-state index in [0.29, 0.717) is 44.4 Å². The van der Waals surface area contributed by atoms with E-state index < -0.39 is 11.7 Å². The SMILES string of the molecule is C=C1CC(C)CC(CCC(=O)N2CCN(C(=O)CNC(=O)OC(C)(C)C)CC2)C1. The number of carbonyl (C=O) groups is 3. The Morgan fingerprint density at radius 3 is 2.21 bits per heavy atom. The lowest BCUT2D eigenvalue weighted by molar-refractivity contribution is -0.139. The fourth-order valence-electron chi connectivity index (χ4n) is 4.20. The molecule has 1 saturated carbocycles. The molecule has 0 radical (unpaired) electrons. The predicted octanol–water partition coefficient (Wildman–Crippen LogP) is 2.95. The van der Waals surface area contributed by atoms with Gasteiger partial charge >= 0.3 is 6.09 Å². The monoisotopic (exact) mass is 407 g/mol. The first-order valence-corrected chi connectivity index (χ1v) is 10.7. The predicted molar refractivity (Wildman–Crippen MR) is 112 cm³/mol. The maximum Gasteiger partial charge on any atom is 0.408 e. The van der Waals surface area contributed by atoms with Gasteiger partial charge in [0.05, 0.1) is 0 Å². The van der Waals surface area contributed by atoms with Crippen molar-refractivity contribution in [2.75, 3.05) is 32.7 Å². The lowest BCUT2D eigenvalue weighted by Crippen LogP contribution is -2.52. The molecule has 1 heterocycles. The molecule has 2 fully saturated rings. The Bertz CT molecular complexity index is 618. The van der Waals surface area contributed by atoms with Crippen molar-refractivity contribution in [3.63, 3.8) is 0 Å². The third-order valence-electron chi connectivity index (χ3n) is 5.48. The van der Waals surface area contributed by atoms with Crippen LogP contribution in [0.3, 0.4) is 0 Å². The number of nitrogens with one attached hydrogen (secondary N) is 1. The molecule has 2 aliphatic rings. The zero-order valence-electron chi connectivity index (χ0n) is 18.5. The van der Waals surface area contributed by atoms with Crippen LogP contribution in [0, 0.1) is 11.8 Å². The van der Waals surface area contributed by atoms with Crippen molar-refractivity contribution in [3.8, 4) is 0 Å². The summed E-state index contributed by atoms with van der Waals surface area (Å²) in [6.07, 6.45) is 4.23. The highest BCUT2D eigenvalue weighted by atomic mass is 16.6. The Morgan fingerprint density at radius 1 is 1.07 bits per heavy atom. The third-order valence-corrected chi connectivity index (χ3v) is 5.48. The molecule has 7 heteroatoms. The van der Waals surface area contributed by atoms with Crippen LogP contribution in [0.15, 0.2) is 12.2 Å². The van der Waals surface area contributed by atoms with Gasteiger partial charge in [-0.05, 0) is 58.3 Å². The van der Waals surface area contributed by atoms with Crippen molar-refractivity contribution >= 4 is 17.9 Å². The molecule has 2 rings (SSSR count). The molecule has 0 aromatic carbocycles. The van der Waals surface area contributed by atoms with Gasteiger partial charge in [0.15, 0.2) is 0 Å². The van der Waals surface area contributed by atoms with Crippen LogP contribution in [-0.4, -0.2) is 66.0 Å². The standard InChI is InChI=1S/C22H37N3O4/c1-16-12-17(2)14-18(13-16)6-7-19(26)24-8-10-25(11-9-24)20(27)15-23-21(28)29-22(3,4)5/h17-18H,1,6-15H2,2-5H3,(H,23,28). The molecule has 2 atom stereocenters. The molecule has 7 nitrogen and oxygen atoms in total. The Kier molecular flexibility index (Phi) is 8.11. The zero-order chi connectivity index (χ0) is 21.6. The van der Waals surface area contributed by atoms with E-state index in [1.165, 1.54) is 12.0 Å². The van der Waals surface area contributed by atoms with Crippen LogP contribution in [0.4, 0.5) is 4.79 Å². The summed E-state index contributed by atoms with van der Waals surface area (Å²) in [4.78, 5) is 40.0. The first-order valence-electron chi connectivity index (χ1n) is 10.7. The second-order valence-electron chi connectivity index (χ2n) is 9.52. The number of ether oxygens (including phenoxy) is 1. The number of nitrogens with zero attached hydrogens (tertiary/aromatic N) is 2. The number of rotatable bonds is 5. The second-order valence-corrected chi connectivity index (χ2v) is 9.52. The van der Waals surface area contributed by atoms with E-state index in [2.05, 4.69) is 18.8 Å². The molecule has 1 saturated heterocycles. The molecule has 0 aromatic heterocycles. The summed E-state index contributed by atoms with van der Waals surface area (Å²) < 4.78 is 5.13. The van der Waals surface area contributed by atoms with Gasteiger partial charge in [0, 0.05) is 32.6 Å². The lowest BCUT2D eigenvalue weighted by atomic mass is 9.78. The number of amides is 3. The van der Waals surface area contributed by atoms with Crippen molar-refractivity contribution in [2.24, 2.45) is 11.8 Å². The molecule has 0 spiro atoms. The number of piperazine rings is 1. The number of hydrogen-bond acceptors (Lipinski definition) is 4.